The Morgan fingerprint density at radius 3 is 2.24 bits per heavy atom. The molecule has 0 unspecified atom stereocenters. The quantitative estimate of drug-likeness (QED) is 0.478. The minimum atomic E-state index is -0.330. The highest BCUT2D eigenvalue weighted by Crippen LogP contribution is 2.30. The summed E-state index contributed by atoms with van der Waals surface area (Å²) >= 11 is 6.03. The van der Waals surface area contributed by atoms with Gasteiger partial charge in [0.25, 0.3) is 5.91 Å². The van der Waals surface area contributed by atoms with E-state index in [0.29, 0.717) is 10.6 Å². The zero-order valence-electron chi connectivity index (χ0n) is 16.4. The van der Waals surface area contributed by atoms with Crippen molar-refractivity contribution in [1.82, 2.24) is 5.43 Å². The molecule has 1 amide bonds. The molecule has 3 aromatic carbocycles. The van der Waals surface area contributed by atoms with E-state index < -0.39 is 0 Å². The van der Waals surface area contributed by atoms with Crippen molar-refractivity contribution >= 4 is 29.4 Å². The molecule has 0 saturated heterocycles. The summed E-state index contributed by atoms with van der Waals surface area (Å²) in [4.78, 5) is 14.5. The zero-order chi connectivity index (χ0) is 20.4. The van der Waals surface area contributed by atoms with Gasteiger partial charge in [-0.3, -0.25) is 4.79 Å². The van der Waals surface area contributed by atoms with Crippen LogP contribution in [0.5, 0.6) is 0 Å². The number of anilines is 1. The maximum Gasteiger partial charge on any atom is 0.272 e. The van der Waals surface area contributed by atoms with Crippen molar-refractivity contribution in [2.24, 2.45) is 5.10 Å². The second-order valence-electron chi connectivity index (χ2n) is 7.33. The number of carbonyl (C=O) groups is 1. The third-order valence-corrected chi connectivity index (χ3v) is 5.62. The SMILES string of the molecule is Cc1cc2c(cc1C)CN(c1ccc(/C=N/NC(=O)c3ccccc3Cl)cc1)C2. The number of halogens is 1. The van der Waals surface area contributed by atoms with Crippen molar-refractivity contribution in [3.63, 3.8) is 0 Å². The monoisotopic (exact) mass is 403 g/mol. The summed E-state index contributed by atoms with van der Waals surface area (Å²) in [6, 6.07) is 19.7. The van der Waals surface area contributed by atoms with Gasteiger partial charge < -0.3 is 4.90 Å². The molecular formula is C24H22ClN3O. The lowest BCUT2D eigenvalue weighted by Gasteiger charge is -2.17. The molecule has 146 valence electrons. The van der Waals surface area contributed by atoms with E-state index in [1.165, 1.54) is 27.9 Å². The van der Waals surface area contributed by atoms with Crippen molar-refractivity contribution in [2.75, 3.05) is 4.90 Å². The fourth-order valence-corrected chi connectivity index (χ4v) is 3.74. The summed E-state index contributed by atoms with van der Waals surface area (Å²) in [7, 11) is 0. The van der Waals surface area contributed by atoms with Gasteiger partial charge >= 0.3 is 0 Å². The molecule has 0 aromatic heterocycles. The van der Waals surface area contributed by atoms with Crippen LogP contribution in [0.2, 0.25) is 5.02 Å². The maximum absolute atomic E-state index is 12.1. The predicted octanol–water partition coefficient (Wildman–Crippen LogP) is 5.24. The molecule has 1 aliphatic rings. The molecule has 0 bridgehead atoms. The van der Waals surface area contributed by atoms with Crippen LogP contribution in [0.4, 0.5) is 5.69 Å². The van der Waals surface area contributed by atoms with Gasteiger partial charge in [0, 0.05) is 18.8 Å². The van der Waals surface area contributed by atoms with E-state index in [-0.39, 0.29) is 5.91 Å². The second kappa shape index (κ2) is 8.10. The number of benzene rings is 3. The van der Waals surface area contributed by atoms with Crippen molar-refractivity contribution in [1.29, 1.82) is 0 Å². The summed E-state index contributed by atoms with van der Waals surface area (Å²) < 4.78 is 0. The summed E-state index contributed by atoms with van der Waals surface area (Å²) in [5, 5.41) is 4.45. The van der Waals surface area contributed by atoms with Crippen LogP contribution in [0.1, 0.15) is 38.2 Å². The van der Waals surface area contributed by atoms with Gasteiger partial charge in [-0.2, -0.15) is 5.10 Å². The van der Waals surface area contributed by atoms with Gasteiger partial charge in [0.15, 0.2) is 0 Å². The fourth-order valence-electron chi connectivity index (χ4n) is 3.52. The molecule has 0 radical (unpaired) electrons. The molecule has 0 aliphatic carbocycles. The molecule has 1 N–H and O–H groups in total. The average Bonchev–Trinajstić information content (AvgIpc) is 3.11. The Labute approximate surface area is 175 Å². The van der Waals surface area contributed by atoms with Gasteiger partial charge in [0.05, 0.1) is 16.8 Å². The molecule has 29 heavy (non-hydrogen) atoms. The molecule has 1 heterocycles. The molecule has 5 heteroatoms. The fraction of sp³-hybridized carbons (Fsp3) is 0.167. The predicted molar refractivity (Wildman–Crippen MR) is 119 cm³/mol. The van der Waals surface area contributed by atoms with Gasteiger partial charge in [0.1, 0.15) is 0 Å². The molecular weight excluding hydrogens is 382 g/mol. The van der Waals surface area contributed by atoms with Crippen LogP contribution in [-0.4, -0.2) is 12.1 Å². The number of aryl methyl sites for hydroxylation is 2. The highest BCUT2D eigenvalue weighted by atomic mass is 35.5. The number of nitrogens with one attached hydrogen (secondary N) is 1. The number of carbonyl (C=O) groups excluding carboxylic acids is 1. The lowest BCUT2D eigenvalue weighted by atomic mass is 10.0. The standard InChI is InChI=1S/C24H22ClN3O/c1-16-11-19-14-28(15-20(19)12-17(16)2)21-9-7-18(8-10-21)13-26-27-24(29)22-5-3-4-6-23(22)25/h3-13H,14-15H2,1-2H3,(H,27,29)/b26-13+. The first kappa shape index (κ1) is 19.2. The average molecular weight is 404 g/mol. The minimum absolute atomic E-state index is 0.330. The molecule has 1 aliphatic heterocycles. The third kappa shape index (κ3) is 4.17. The molecule has 0 fully saturated rings. The highest BCUT2D eigenvalue weighted by molar-refractivity contribution is 6.33. The first-order valence-corrected chi connectivity index (χ1v) is 9.91. The number of hydrogen-bond donors (Lipinski definition) is 1. The Morgan fingerprint density at radius 1 is 1.00 bits per heavy atom. The van der Waals surface area contributed by atoms with Crippen LogP contribution in [0.25, 0.3) is 0 Å². The highest BCUT2D eigenvalue weighted by Gasteiger charge is 2.19. The van der Waals surface area contributed by atoms with Crippen LogP contribution in [0.15, 0.2) is 65.8 Å². The number of hydrogen-bond acceptors (Lipinski definition) is 3. The minimum Gasteiger partial charge on any atom is -0.363 e. The summed E-state index contributed by atoms with van der Waals surface area (Å²) in [5.41, 5.74) is 10.5. The largest absolute Gasteiger partial charge is 0.363 e. The maximum atomic E-state index is 12.1. The van der Waals surface area contributed by atoms with Crippen LogP contribution in [0, 0.1) is 13.8 Å². The van der Waals surface area contributed by atoms with Gasteiger partial charge in [0.2, 0.25) is 0 Å². The van der Waals surface area contributed by atoms with Crippen LogP contribution in [0.3, 0.4) is 0 Å². The van der Waals surface area contributed by atoms with Crippen molar-refractivity contribution in [2.45, 2.75) is 26.9 Å². The third-order valence-electron chi connectivity index (χ3n) is 5.29. The number of nitrogens with zero attached hydrogens (tertiary/aromatic N) is 2. The van der Waals surface area contributed by atoms with E-state index >= 15 is 0 Å². The molecule has 3 aromatic rings. The number of amides is 1. The van der Waals surface area contributed by atoms with Crippen molar-refractivity contribution in [3.8, 4) is 0 Å². The normalized spacial score (nSPS) is 13.0. The van der Waals surface area contributed by atoms with Gasteiger partial charge in [-0.25, -0.2) is 5.43 Å². The number of fused-ring (bicyclic) bond motifs is 1. The van der Waals surface area contributed by atoms with E-state index in [1.807, 2.05) is 12.1 Å². The zero-order valence-corrected chi connectivity index (χ0v) is 17.2. The lowest BCUT2D eigenvalue weighted by molar-refractivity contribution is 0.0955. The number of hydrazone groups is 1. The lowest BCUT2D eigenvalue weighted by Crippen LogP contribution is -2.18. The Bertz CT molecular complexity index is 1060. The van der Waals surface area contributed by atoms with E-state index in [4.69, 9.17) is 11.6 Å². The van der Waals surface area contributed by atoms with E-state index in [9.17, 15) is 4.79 Å². The Balaban J connectivity index is 1.39. The Morgan fingerprint density at radius 2 is 1.62 bits per heavy atom. The Hall–Kier alpha value is -3.11. The molecule has 0 saturated carbocycles. The van der Waals surface area contributed by atoms with Gasteiger partial charge in [-0.15, -0.1) is 0 Å². The summed E-state index contributed by atoms with van der Waals surface area (Å²) in [6.45, 7) is 6.18. The number of rotatable bonds is 4. The molecule has 0 spiro atoms. The van der Waals surface area contributed by atoms with Gasteiger partial charge in [-0.1, -0.05) is 48.0 Å². The van der Waals surface area contributed by atoms with Crippen LogP contribution < -0.4 is 10.3 Å². The van der Waals surface area contributed by atoms with Gasteiger partial charge in [-0.05, 0) is 65.9 Å². The van der Waals surface area contributed by atoms with E-state index in [0.717, 1.165) is 18.7 Å². The van der Waals surface area contributed by atoms with Crippen LogP contribution in [-0.2, 0) is 13.1 Å². The molecule has 4 nitrogen and oxygen atoms in total. The Kier molecular flexibility index (Phi) is 5.36. The summed E-state index contributed by atoms with van der Waals surface area (Å²) in [6.07, 6.45) is 1.63. The van der Waals surface area contributed by atoms with E-state index in [2.05, 4.69) is 53.5 Å². The first-order valence-electron chi connectivity index (χ1n) is 9.53. The smallest absolute Gasteiger partial charge is 0.272 e. The molecule has 0 atom stereocenters. The summed E-state index contributed by atoms with van der Waals surface area (Å²) in [5.74, 6) is -0.330. The first-order chi connectivity index (χ1) is 14.0. The van der Waals surface area contributed by atoms with Crippen molar-refractivity contribution in [3.05, 3.63) is 99.1 Å². The topological polar surface area (TPSA) is 44.7 Å². The van der Waals surface area contributed by atoms with Crippen LogP contribution >= 0.6 is 11.6 Å². The second-order valence-corrected chi connectivity index (χ2v) is 7.74. The molecule has 4 rings (SSSR count). The van der Waals surface area contributed by atoms with E-state index in [1.54, 1.807) is 30.5 Å². The van der Waals surface area contributed by atoms with Crippen molar-refractivity contribution < 1.29 is 4.79 Å².